The molecular weight excluding hydrogens is 693 g/mol. The third-order valence-electron chi connectivity index (χ3n) is 12.0. The molecule has 12 rings (SSSR count). The molecule has 0 N–H and O–H groups in total. The molecule has 0 amide bonds. The first kappa shape index (κ1) is 31.9. The van der Waals surface area contributed by atoms with E-state index in [2.05, 4.69) is 220 Å². The minimum absolute atomic E-state index is 0.154. The van der Waals surface area contributed by atoms with Gasteiger partial charge in [-0.15, -0.1) is 0 Å². The summed E-state index contributed by atoms with van der Waals surface area (Å²) >= 11 is 0. The van der Waals surface area contributed by atoms with E-state index in [9.17, 15) is 0 Å². The first-order chi connectivity index (χ1) is 28.3. The monoisotopic (exact) mass is 728 g/mol. The Balaban J connectivity index is 1.21. The van der Waals surface area contributed by atoms with Crippen LogP contribution in [0.4, 0.5) is 11.4 Å². The first-order valence-electron chi connectivity index (χ1n) is 19.7. The number of hydrogen-bond donors (Lipinski definition) is 0. The highest BCUT2D eigenvalue weighted by atomic mass is 15.2. The smallest absolute Gasteiger partial charge is 0.138 e. The van der Waals surface area contributed by atoms with Crippen LogP contribution in [-0.2, 0) is 0 Å². The Bertz CT molecular complexity index is 3130. The molecule has 1 aliphatic carbocycles. The molecule has 4 nitrogen and oxygen atoms in total. The van der Waals surface area contributed by atoms with E-state index < -0.39 is 0 Å². The zero-order valence-electron chi connectivity index (χ0n) is 31.1. The summed E-state index contributed by atoms with van der Waals surface area (Å²) in [4.78, 5) is 8.11. The van der Waals surface area contributed by atoms with Gasteiger partial charge in [-0.2, -0.15) is 0 Å². The largest absolute Gasteiger partial charge is 0.332 e. The van der Waals surface area contributed by atoms with Crippen molar-refractivity contribution in [3.8, 4) is 33.9 Å². The molecule has 4 heteroatoms. The number of aromatic nitrogens is 3. The van der Waals surface area contributed by atoms with Crippen LogP contribution in [-0.4, -0.2) is 20.2 Å². The van der Waals surface area contributed by atoms with Crippen LogP contribution in [0.2, 0.25) is 0 Å². The van der Waals surface area contributed by atoms with Crippen molar-refractivity contribution in [3.63, 3.8) is 0 Å². The number of anilines is 2. The Labute approximate surface area is 330 Å². The van der Waals surface area contributed by atoms with Gasteiger partial charge in [0, 0.05) is 44.4 Å². The lowest BCUT2D eigenvalue weighted by atomic mass is 9.91. The van der Waals surface area contributed by atoms with E-state index in [1.807, 2.05) is 0 Å². The van der Waals surface area contributed by atoms with Crippen LogP contribution in [0.25, 0.3) is 77.5 Å². The molecular formula is C53H36N4. The lowest BCUT2D eigenvalue weighted by Crippen LogP contribution is -2.28. The Morgan fingerprint density at radius 3 is 1.79 bits per heavy atom. The molecule has 268 valence electrons. The summed E-state index contributed by atoms with van der Waals surface area (Å²) in [6, 6.07) is 66.0. The molecule has 0 saturated carbocycles. The van der Waals surface area contributed by atoms with Gasteiger partial charge in [0.25, 0.3) is 0 Å². The fourth-order valence-electron chi connectivity index (χ4n) is 9.55. The van der Waals surface area contributed by atoms with Crippen molar-refractivity contribution in [1.82, 2.24) is 14.1 Å². The standard InChI is InChI=1S/C53H36N4/c1-4-16-35(17-5-1)37-32-46(36-18-6-2-7-19-36)54-51(33-37)57-50-31-28-39(55-47-25-13-10-22-40(47)41-23-11-14-26-48(41)55)34-45(50)44-30-29-43-42-24-12-15-27-49(42)56(52(43)53(44)57)38-20-8-3-9-21-38/h1-34,42,49H. The number of pyridine rings is 1. The molecule has 57 heavy (non-hydrogen) atoms. The Kier molecular flexibility index (Phi) is 7.02. The molecule has 1 aliphatic heterocycles. The number of allylic oxidation sites excluding steroid dienone is 2. The predicted octanol–water partition coefficient (Wildman–Crippen LogP) is 13.3. The van der Waals surface area contributed by atoms with Crippen molar-refractivity contribution in [1.29, 1.82) is 0 Å². The van der Waals surface area contributed by atoms with Crippen molar-refractivity contribution < 1.29 is 0 Å². The van der Waals surface area contributed by atoms with Gasteiger partial charge < -0.3 is 9.47 Å². The van der Waals surface area contributed by atoms with E-state index in [-0.39, 0.29) is 12.0 Å². The van der Waals surface area contributed by atoms with Crippen LogP contribution in [0.15, 0.2) is 206 Å². The molecule has 0 bridgehead atoms. The number of hydrogen-bond acceptors (Lipinski definition) is 2. The quantitative estimate of drug-likeness (QED) is 0.176. The minimum atomic E-state index is 0.154. The number of rotatable bonds is 5. The van der Waals surface area contributed by atoms with Gasteiger partial charge in [0.1, 0.15) is 5.82 Å². The Hall–Kier alpha value is -7.43. The molecule has 10 aromatic rings. The Morgan fingerprint density at radius 2 is 1.05 bits per heavy atom. The van der Waals surface area contributed by atoms with E-state index in [4.69, 9.17) is 4.98 Å². The van der Waals surface area contributed by atoms with Gasteiger partial charge in [0.05, 0.1) is 39.5 Å². The lowest BCUT2D eigenvalue weighted by Gasteiger charge is -2.29. The van der Waals surface area contributed by atoms with Gasteiger partial charge in [-0.1, -0.05) is 152 Å². The average Bonchev–Trinajstić information content (AvgIpc) is 3.93. The maximum absolute atomic E-state index is 5.55. The van der Waals surface area contributed by atoms with Crippen molar-refractivity contribution in [2.45, 2.75) is 12.0 Å². The maximum Gasteiger partial charge on any atom is 0.138 e. The lowest BCUT2D eigenvalue weighted by molar-refractivity contribution is 0.745. The highest BCUT2D eigenvalue weighted by Crippen LogP contribution is 2.53. The van der Waals surface area contributed by atoms with Crippen LogP contribution in [0.3, 0.4) is 0 Å². The number of nitrogens with zero attached hydrogens (tertiary/aromatic N) is 4. The summed E-state index contributed by atoms with van der Waals surface area (Å²) in [7, 11) is 0. The fraction of sp³-hybridized carbons (Fsp3) is 0.0377. The summed E-state index contributed by atoms with van der Waals surface area (Å²) in [5.74, 6) is 1.11. The van der Waals surface area contributed by atoms with Crippen LogP contribution in [0, 0.1) is 0 Å². The van der Waals surface area contributed by atoms with Crippen molar-refractivity contribution in [2.75, 3.05) is 4.90 Å². The van der Waals surface area contributed by atoms with Gasteiger partial charge >= 0.3 is 0 Å². The molecule has 4 heterocycles. The Morgan fingerprint density at radius 1 is 0.421 bits per heavy atom. The summed E-state index contributed by atoms with van der Waals surface area (Å²) in [5, 5.41) is 4.90. The molecule has 2 atom stereocenters. The summed E-state index contributed by atoms with van der Waals surface area (Å²) in [5.41, 5.74) is 13.9. The van der Waals surface area contributed by atoms with E-state index >= 15 is 0 Å². The molecule has 0 fully saturated rings. The molecule has 0 radical (unpaired) electrons. The second-order valence-electron chi connectivity index (χ2n) is 15.1. The van der Waals surface area contributed by atoms with Crippen LogP contribution in [0.5, 0.6) is 0 Å². The molecule has 2 aliphatic rings. The van der Waals surface area contributed by atoms with Gasteiger partial charge in [0.2, 0.25) is 0 Å². The van der Waals surface area contributed by atoms with Crippen molar-refractivity contribution in [2.24, 2.45) is 0 Å². The highest BCUT2D eigenvalue weighted by molar-refractivity contribution is 6.16. The third-order valence-corrected chi connectivity index (χ3v) is 12.0. The predicted molar refractivity (Wildman–Crippen MR) is 237 cm³/mol. The van der Waals surface area contributed by atoms with E-state index in [0.717, 1.165) is 39.4 Å². The fourth-order valence-corrected chi connectivity index (χ4v) is 9.55. The van der Waals surface area contributed by atoms with Gasteiger partial charge in [0.15, 0.2) is 0 Å². The first-order valence-corrected chi connectivity index (χ1v) is 19.7. The number of benzene rings is 7. The molecule has 3 aromatic heterocycles. The van der Waals surface area contributed by atoms with Crippen molar-refractivity contribution >= 4 is 55.0 Å². The molecule has 7 aromatic carbocycles. The number of fused-ring (bicyclic) bond motifs is 10. The summed E-state index contributed by atoms with van der Waals surface area (Å²) in [6.45, 7) is 0. The van der Waals surface area contributed by atoms with E-state index in [1.165, 1.54) is 55.0 Å². The molecule has 0 spiro atoms. The zero-order valence-corrected chi connectivity index (χ0v) is 31.1. The topological polar surface area (TPSA) is 26.0 Å². The van der Waals surface area contributed by atoms with Crippen LogP contribution >= 0.6 is 0 Å². The molecule has 0 saturated heterocycles. The van der Waals surface area contributed by atoms with Crippen LogP contribution < -0.4 is 4.90 Å². The van der Waals surface area contributed by atoms with Crippen LogP contribution in [0.1, 0.15) is 11.5 Å². The third kappa shape index (κ3) is 4.84. The SMILES string of the molecule is C1=CC2c3ccc4c5cc(-n6c7ccccc7c7ccccc76)ccc5n(-c5cc(-c6ccccc6)cc(-c6ccccc6)n5)c4c3N(c3ccccc3)C2C=C1. The van der Waals surface area contributed by atoms with Gasteiger partial charge in [-0.3, -0.25) is 4.57 Å². The minimum Gasteiger partial charge on any atom is -0.332 e. The van der Waals surface area contributed by atoms with Gasteiger partial charge in [-0.25, -0.2) is 4.98 Å². The van der Waals surface area contributed by atoms with E-state index in [0.29, 0.717) is 0 Å². The van der Waals surface area contributed by atoms with Crippen molar-refractivity contribution in [3.05, 3.63) is 212 Å². The molecule has 2 unspecified atom stereocenters. The summed E-state index contributed by atoms with van der Waals surface area (Å²) in [6.07, 6.45) is 9.13. The normalized spacial score (nSPS) is 15.9. The second kappa shape index (κ2) is 12.6. The maximum atomic E-state index is 5.55. The number of para-hydroxylation sites is 3. The highest BCUT2D eigenvalue weighted by Gasteiger charge is 2.40. The van der Waals surface area contributed by atoms with E-state index in [1.54, 1.807) is 0 Å². The van der Waals surface area contributed by atoms with Gasteiger partial charge in [-0.05, 0) is 71.3 Å². The average molecular weight is 729 g/mol. The zero-order chi connectivity index (χ0) is 37.5. The second-order valence-corrected chi connectivity index (χ2v) is 15.1. The summed E-state index contributed by atoms with van der Waals surface area (Å²) < 4.78 is 4.86.